The molecule has 0 aromatic rings. The lowest BCUT2D eigenvalue weighted by molar-refractivity contribution is 0.130. The first-order chi connectivity index (χ1) is 7.60. The third kappa shape index (κ3) is 2.94. The molecule has 100 valence electrons. The summed E-state index contributed by atoms with van der Waals surface area (Å²) in [5.74, 6) is 1.25. The average Bonchev–Trinajstić information content (AvgIpc) is 2.43. The van der Waals surface area contributed by atoms with Crippen LogP contribution in [-0.2, 0) is 9.16 Å². The molecule has 1 saturated heterocycles. The fourth-order valence-corrected chi connectivity index (χ4v) is 3.31. The van der Waals surface area contributed by atoms with Gasteiger partial charge in [-0.25, -0.2) is 0 Å². The second kappa shape index (κ2) is 4.77. The van der Waals surface area contributed by atoms with Crippen molar-refractivity contribution in [3.05, 3.63) is 12.3 Å². The van der Waals surface area contributed by atoms with Gasteiger partial charge in [-0.3, -0.25) is 0 Å². The first kappa shape index (κ1) is 14.8. The lowest BCUT2D eigenvalue weighted by Gasteiger charge is -2.39. The molecule has 1 rings (SSSR count). The van der Waals surface area contributed by atoms with Crippen molar-refractivity contribution in [3.8, 4) is 0 Å². The van der Waals surface area contributed by atoms with Crippen molar-refractivity contribution in [2.75, 3.05) is 0 Å². The van der Waals surface area contributed by atoms with Gasteiger partial charge in [0.25, 0.3) is 0 Å². The van der Waals surface area contributed by atoms with E-state index in [2.05, 4.69) is 54.3 Å². The van der Waals surface area contributed by atoms with Gasteiger partial charge in [-0.1, -0.05) is 41.2 Å². The number of rotatable bonds is 3. The average molecular weight is 256 g/mol. The predicted molar refractivity (Wildman–Crippen MR) is 75.5 cm³/mol. The summed E-state index contributed by atoms with van der Waals surface area (Å²) in [5.41, 5.74) is 0. The maximum atomic E-state index is 6.43. The molecule has 1 aliphatic rings. The highest BCUT2D eigenvalue weighted by atomic mass is 28.4. The van der Waals surface area contributed by atoms with Crippen LogP contribution in [0.3, 0.4) is 0 Å². The van der Waals surface area contributed by atoms with E-state index in [1.165, 1.54) is 0 Å². The van der Waals surface area contributed by atoms with E-state index < -0.39 is 8.32 Å². The summed E-state index contributed by atoms with van der Waals surface area (Å²) in [6, 6.07) is 0. The lowest BCUT2D eigenvalue weighted by Crippen LogP contribution is -2.45. The Hall–Kier alpha value is -0.283. The fraction of sp³-hybridized carbons (Fsp3) is 0.857. The molecule has 0 spiro atoms. The minimum atomic E-state index is -1.74. The highest BCUT2D eigenvalue weighted by molar-refractivity contribution is 6.74. The van der Waals surface area contributed by atoms with Crippen molar-refractivity contribution >= 4 is 8.32 Å². The monoisotopic (exact) mass is 256 g/mol. The maximum Gasteiger partial charge on any atom is 0.193 e. The molecule has 17 heavy (non-hydrogen) atoms. The highest BCUT2D eigenvalue weighted by Crippen LogP contribution is 2.42. The maximum absolute atomic E-state index is 6.43. The first-order valence-corrected chi connectivity index (χ1v) is 9.54. The Morgan fingerprint density at radius 3 is 2.24 bits per heavy atom. The molecule has 0 saturated carbocycles. The Bertz CT molecular complexity index is 291. The smallest absolute Gasteiger partial charge is 0.193 e. The van der Waals surface area contributed by atoms with Crippen LogP contribution < -0.4 is 0 Å². The molecule has 0 N–H and O–H groups in total. The molecule has 0 radical (unpaired) electrons. The fourth-order valence-electron chi connectivity index (χ4n) is 1.98. The number of hydrogen-bond donors (Lipinski definition) is 0. The summed E-state index contributed by atoms with van der Waals surface area (Å²) in [4.78, 5) is 0. The zero-order valence-electron chi connectivity index (χ0n) is 12.5. The van der Waals surface area contributed by atoms with Crippen LogP contribution in [-0.4, -0.2) is 20.5 Å². The van der Waals surface area contributed by atoms with Crippen molar-refractivity contribution in [1.82, 2.24) is 0 Å². The number of hydrogen-bond acceptors (Lipinski definition) is 2. The predicted octanol–water partition coefficient (Wildman–Crippen LogP) is 4.34. The zero-order chi connectivity index (χ0) is 13.4. The van der Waals surface area contributed by atoms with E-state index in [4.69, 9.17) is 9.16 Å². The van der Waals surface area contributed by atoms with Crippen molar-refractivity contribution in [1.29, 1.82) is 0 Å². The highest BCUT2D eigenvalue weighted by Gasteiger charge is 2.45. The van der Waals surface area contributed by atoms with Crippen molar-refractivity contribution in [2.24, 2.45) is 5.92 Å². The minimum absolute atomic E-state index is 0.0841. The molecular formula is C14H28O2Si. The Kier molecular flexibility index (Phi) is 4.15. The van der Waals surface area contributed by atoms with Gasteiger partial charge in [0.05, 0.1) is 0 Å². The van der Waals surface area contributed by atoms with Gasteiger partial charge in [-0.2, -0.15) is 0 Å². The molecule has 0 amide bonds. The Morgan fingerprint density at radius 2 is 1.88 bits per heavy atom. The van der Waals surface area contributed by atoms with E-state index in [0.717, 1.165) is 12.2 Å². The largest absolute Gasteiger partial charge is 0.492 e. The van der Waals surface area contributed by atoms with Gasteiger partial charge < -0.3 is 9.16 Å². The van der Waals surface area contributed by atoms with Crippen LogP contribution in [0.5, 0.6) is 0 Å². The molecule has 0 aliphatic carbocycles. The van der Waals surface area contributed by atoms with Crippen LogP contribution >= 0.6 is 0 Å². The standard InChI is InChI=1S/C14H28O2Si/c1-9-12-10(2)13(11(3)15-12)16-17(7,8)14(4,5)6/h10,12-13H,3,9H2,1-2,4-8H3/t10-,12-,13-/m1/s1. The third-order valence-electron chi connectivity index (χ3n) is 4.31. The van der Waals surface area contributed by atoms with Gasteiger partial charge >= 0.3 is 0 Å². The molecule has 3 heteroatoms. The second-order valence-corrected chi connectivity index (χ2v) is 11.4. The molecule has 0 bridgehead atoms. The Morgan fingerprint density at radius 1 is 1.35 bits per heavy atom. The van der Waals surface area contributed by atoms with E-state index in [-0.39, 0.29) is 17.2 Å². The summed E-state index contributed by atoms with van der Waals surface area (Å²) in [5, 5.41) is 0.233. The molecule has 0 aromatic carbocycles. The molecule has 0 aromatic heterocycles. The van der Waals surface area contributed by atoms with E-state index in [9.17, 15) is 0 Å². The summed E-state index contributed by atoms with van der Waals surface area (Å²) in [6.07, 6.45) is 1.38. The van der Waals surface area contributed by atoms with Crippen LogP contribution in [0.4, 0.5) is 0 Å². The van der Waals surface area contributed by atoms with E-state index in [0.29, 0.717) is 5.92 Å². The van der Waals surface area contributed by atoms with E-state index >= 15 is 0 Å². The normalized spacial score (nSPS) is 30.5. The first-order valence-electron chi connectivity index (χ1n) is 6.63. The van der Waals surface area contributed by atoms with Crippen LogP contribution in [0.25, 0.3) is 0 Å². The van der Waals surface area contributed by atoms with E-state index in [1.54, 1.807) is 0 Å². The van der Waals surface area contributed by atoms with Gasteiger partial charge in [-0.05, 0) is 24.6 Å². The van der Waals surface area contributed by atoms with Crippen LogP contribution in [0, 0.1) is 5.92 Å². The van der Waals surface area contributed by atoms with Gasteiger partial charge in [0, 0.05) is 5.92 Å². The molecule has 1 fully saturated rings. The molecule has 3 atom stereocenters. The topological polar surface area (TPSA) is 18.5 Å². The van der Waals surface area contributed by atoms with E-state index in [1.807, 2.05) is 0 Å². The summed E-state index contributed by atoms with van der Waals surface area (Å²) >= 11 is 0. The Balaban J connectivity index is 2.79. The summed E-state index contributed by atoms with van der Waals surface area (Å²) in [6.45, 7) is 19.8. The molecule has 2 nitrogen and oxygen atoms in total. The van der Waals surface area contributed by atoms with Gasteiger partial charge in [0.2, 0.25) is 0 Å². The SMILES string of the molecule is C=C1O[C@H](CC)[C@@H](C)[C@H]1O[Si](C)(C)C(C)(C)C. The van der Waals surface area contributed by atoms with Crippen molar-refractivity contribution in [2.45, 2.75) is 71.4 Å². The molecular weight excluding hydrogens is 228 g/mol. The van der Waals surface area contributed by atoms with Crippen LogP contribution in [0.15, 0.2) is 12.3 Å². The summed E-state index contributed by atoms with van der Waals surface area (Å²) in [7, 11) is -1.74. The number of ether oxygens (including phenoxy) is 1. The van der Waals surface area contributed by atoms with Gasteiger partial charge in [0.15, 0.2) is 8.32 Å². The minimum Gasteiger partial charge on any atom is -0.492 e. The van der Waals surface area contributed by atoms with Crippen molar-refractivity contribution < 1.29 is 9.16 Å². The molecule has 0 unspecified atom stereocenters. The molecule has 1 aliphatic heterocycles. The van der Waals surface area contributed by atoms with Crippen LogP contribution in [0.2, 0.25) is 18.1 Å². The quantitative estimate of drug-likeness (QED) is 0.700. The lowest BCUT2D eigenvalue weighted by atomic mass is 9.99. The third-order valence-corrected chi connectivity index (χ3v) is 8.77. The van der Waals surface area contributed by atoms with Gasteiger partial charge in [0.1, 0.15) is 18.0 Å². The Labute approximate surface area is 108 Å². The van der Waals surface area contributed by atoms with Crippen LogP contribution in [0.1, 0.15) is 41.0 Å². The summed E-state index contributed by atoms with van der Waals surface area (Å²) < 4.78 is 12.2. The zero-order valence-corrected chi connectivity index (χ0v) is 13.5. The second-order valence-electron chi connectivity index (χ2n) is 6.69. The van der Waals surface area contributed by atoms with Gasteiger partial charge in [-0.15, -0.1) is 0 Å². The van der Waals surface area contributed by atoms with Crippen molar-refractivity contribution in [3.63, 3.8) is 0 Å². The molecule has 1 heterocycles.